The molecule has 0 aromatic heterocycles. The minimum Gasteiger partial charge on any atom is -0.550 e. The van der Waals surface area contributed by atoms with Crippen molar-refractivity contribution in [1.82, 2.24) is 0 Å². The van der Waals surface area contributed by atoms with Crippen molar-refractivity contribution in [2.24, 2.45) is 0 Å². The summed E-state index contributed by atoms with van der Waals surface area (Å²) < 4.78 is 1.23. The highest BCUT2D eigenvalue weighted by Crippen LogP contribution is 1.88. The zero-order valence-electron chi connectivity index (χ0n) is 8.18. The molecule has 3 nitrogen and oxygen atoms in total. The Hall–Kier alpha value is -0.353. The van der Waals surface area contributed by atoms with Gasteiger partial charge in [0.2, 0.25) is 10.4 Å². The van der Waals surface area contributed by atoms with Crippen LogP contribution in [0.1, 0.15) is 20.3 Å². The van der Waals surface area contributed by atoms with Gasteiger partial charge >= 0.3 is 0 Å². The molecule has 0 heterocycles. The number of hydrogen-bond donors (Lipinski definition) is 0. The van der Waals surface area contributed by atoms with Crippen LogP contribution < -0.4 is 5.11 Å². The van der Waals surface area contributed by atoms with Crippen molar-refractivity contribution < 1.29 is 14.0 Å². The molecule has 0 saturated heterocycles. The van der Waals surface area contributed by atoms with Gasteiger partial charge in [-0.25, -0.2) is 0 Å². The molecule has 0 rings (SSSR count). The summed E-state index contributed by atoms with van der Waals surface area (Å²) in [6, 6.07) is 0. The van der Waals surface area contributed by atoms with Crippen LogP contribution in [-0.4, -0.2) is 41.2 Å². The maximum atomic E-state index is 8.89. The van der Waals surface area contributed by atoms with Gasteiger partial charge in [-0.15, -0.1) is 0 Å². The minimum absolute atomic E-state index is 0.972. The maximum Gasteiger partial charge on any atom is 0.239 e. The number of rotatable bonds is 2. The fourth-order valence-electron chi connectivity index (χ4n) is 0.671. The molecule has 11 heavy (non-hydrogen) atoms. The predicted octanol–water partition coefficient (Wildman–Crippen LogP) is -1.49. The molecule has 0 aliphatic heterocycles. The molecule has 4 heteroatoms. The van der Waals surface area contributed by atoms with Gasteiger partial charge in [0.15, 0.2) is 0 Å². The van der Waals surface area contributed by atoms with E-state index in [1.165, 1.54) is 27.5 Å². The molecule has 0 aromatic carbocycles. The Bertz CT molecular complexity index is 105. The topological polar surface area (TPSA) is 40.1 Å². The largest absolute Gasteiger partial charge is 0.550 e. The summed E-state index contributed by atoms with van der Waals surface area (Å²) in [5, 5.41) is 8.89. The van der Waals surface area contributed by atoms with E-state index in [9.17, 15) is 0 Å². The average Bonchev–Trinajstić information content (AvgIpc) is 1.58. The second-order valence-corrected chi connectivity index (χ2v) is 5.93. The Labute approximate surface area is 72.1 Å². The lowest BCUT2D eigenvalue weighted by molar-refractivity contribution is -0.773. The van der Waals surface area contributed by atoms with Crippen LogP contribution in [-0.2, 0) is 4.79 Å². The highest BCUT2D eigenvalue weighted by molar-refractivity contribution is 5.97. The molecule has 0 atom stereocenters. The highest BCUT2D eigenvalue weighted by atomic mass is 28.2. The second kappa shape index (κ2) is 6.36. The quantitative estimate of drug-likeness (QED) is 0.482. The standard InChI is InChI=1S/C5H16NSi.C2H4O2/c1-4-5-6(2,3)7;1-2(3)4/h4-5H2,1-3,7H3;1H3,(H,3,4)/q+1;/p-1. The van der Waals surface area contributed by atoms with E-state index in [0.29, 0.717) is 0 Å². The van der Waals surface area contributed by atoms with Crippen molar-refractivity contribution in [3.8, 4) is 0 Å². The molecule has 0 radical (unpaired) electrons. The van der Waals surface area contributed by atoms with Crippen molar-refractivity contribution in [1.29, 1.82) is 0 Å². The van der Waals surface area contributed by atoms with Crippen molar-refractivity contribution in [3.05, 3.63) is 0 Å². The summed E-state index contributed by atoms with van der Waals surface area (Å²) in [7, 11) is 5.82. The zero-order valence-corrected chi connectivity index (χ0v) is 10.2. The molecule has 0 saturated carbocycles. The van der Waals surface area contributed by atoms with E-state index in [0.717, 1.165) is 6.92 Å². The molecule has 0 unspecified atom stereocenters. The normalized spacial score (nSPS) is 10.2. The molecule has 68 valence electrons. The number of hydrogen-bond acceptors (Lipinski definition) is 2. The van der Waals surface area contributed by atoms with Crippen LogP contribution in [0.4, 0.5) is 0 Å². The monoisotopic (exact) mass is 177 g/mol. The van der Waals surface area contributed by atoms with Crippen molar-refractivity contribution in [3.63, 3.8) is 0 Å². The van der Waals surface area contributed by atoms with Gasteiger partial charge in [0.1, 0.15) is 0 Å². The molecule has 0 N–H and O–H groups in total. The molecular weight excluding hydrogens is 158 g/mol. The molecule has 0 spiro atoms. The Morgan fingerprint density at radius 1 is 1.55 bits per heavy atom. The number of carboxylic acid groups (broad SMARTS) is 1. The first-order chi connectivity index (χ1) is 4.79. The summed E-state index contributed by atoms with van der Waals surface area (Å²) in [5.41, 5.74) is 0. The van der Waals surface area contributed by atoms with Crippen LogP contribution in [0.2, 0.25) is 0 Å². The van der Waals surface area contributed by atoms with E-state index >= 15 is 0 Å². The Morgan fingerprint density at radius 3 is 1.82 bits per heavy atom. The number of carbonyl (C=O) groups is 1. The molecule has 0 bridgehead atoms. The van der Waals surface area contributed by atoms with Crippen molar-refractivity contribution in [2.45, 2.75) is 20.3 Å². The van der Waals surface area contributed by atoms with E-state index < -0.39 is 5.97 Å². The first kappa shape index (κ1) is 13.3. The van der Waals surface area contributed by atoms with Crippen LogP contribution in [0, 0.1) is 0 Å². The minimum atomic E-state index is -1.08. The van der Waals surface area contributed by atoms with Gasteiger partial charge in [0.05, 0.1) is 20.6 Å². The van der Waals surface area contributed by atoms with Crippen LogP contribution >= 0.6 is 0 Å². The zero-order chi connectivity index (χ0) is 9.49. The smallest absolute Gasteiger partial charge is 0.239 e. The first-order valence-corrected chi connectivity index (χ1v) is 4.67. The summed E-state index contributed by atoms with van der Waals surface area (Å²) in [4.78, 5) is 8.89. The summed E-state index contributed by atoms with van der Waals surface area (Å²) in [6.07, 6.45) is 1.32. The second-order valence-electron chi connectivity index (χ2n) is 3.51. The van der Waals surface area contributed by atoms with E-state index in [1.807, 2.05) is 0 Å². The van der Waals surface area contributed by atoms with Gasteiger partial charge in [-0.1, -0.05) is 6.92 Å². The lowest BCUT2D eigenvalue weighted by Crippen LogP contribution is -2.36. The fourth-order valence-corrected chi connectivity index (χ4v) is 1.12. The Kier molecular flexibility index (Phi) is 7.67. The van der Waals surface area contributed by atoms with E-state index in [1.54, 1.807) is 0 Å². The number of quaternary nitrogens is 1. The van der Waals surface area contributed by atoms with Crippen LogP contribution in [0.15, 0.2) is 0 Å². The highest BCUT2D eigenvalue weighted by Gasteiger charge is 2.00. The van der Waals surface area contributed by atoms with E-state index in [2.05, 4.69) is 21.0 Å². The molecular formula is C7H19NO2Si. The average molecular weight is 177 g/mol. The van der Waals surface area contributed by atoms with Gasteiger partial charge < -0.3 is 14.0 Å². The third-order valence-corrected chi connectivity index (χ3v) is 1.34. The van der Waals surface area contributed by atoms with Crippen molar-refractivity contribution in [2.75, 3.05) is 20.6 Å². The predicted molar refractivity (Wildman–Crippen MR) is 47.9 cm³/mol. The Morgan fingerprint density at radius 2 is 1.82 bits per heavy atom. The van der Waals surface area contributed by atoms with E-state index in [-0.39, 0.29) is 0 Å². The number of nitrogens with zero attached hydrogens (tertiary/aromatic N) is 1. The lowest BCUT2D eigenvalue weighted by atomic mass is 10.5. The van der Waals surface area contributed by atoms with Crippen LogP contribution in [0.25, 0.3) is 0 Å². The molecule has 0 aromatic rings. The van der Waals surface area contributed by atoms with Gasteiger partial charge in [0.25, 0.3) is 0 Å². The summed E-state index contributed by atoms with van der Waals surface area (Å²) in [6.45, 7) is 4.55. The number of carboxylic acids is 1. The molecule has 0 aliphatic carbocycles. The maximum absolute atomic E-state index is 8.89. The van der Waals surface area contributed by atoms with Crippen LogP contribution in [0.5, 0.6) is 0 Å². The van der Waals surface area contributed by atoms with Crippen LogP contribution in [0.3, 0.4) is 0 Å². The number of aliphatic carboxylic acids is 1. The summed E-state index contributed by atoms with van der Waals surface area (Å²) >= 11 is 0. The van der Waals surface area contributed by atoms with Crippen molar-refractivity contribution >= 4 is 16.4 Å². The Balaban J connectivity index is 0. The molecule has 0 amide bonds. The fraction of sp³-hybridized carbons (Fsp3) is 0.857. The van der Waals surface area contributed by atoms with Gasteiger partial charge in [-0.05, 0) is 13.3 Å². The third kappa shape index (κ3) is 42.4. The van der Waals surface area contributed by atoms with Gasteiger partial charge in [0, 0.05) is 5.97 Å². The first-order valence-electron chi connectivity index (χ1n) is 3.77. The van der Waals surface area contributed by atoms with E-state index in [4.69, 9.17) is 9.90 Å². The lowest BCUT2D eigenvalue weighted by Gasteiger charge is -2.24. The van der Waals surface area contributed by atoms with Gasteiger partial charge in [-0.2, -0.15) is 0 Å². The molecule has 0 fully saturated rings. The SMILES string of the molecule is CC(=O)[O-].CCC[N+](C)(C)[SiH3]. The van der Waals surface area contributed by atoms with Gasteiger partial charge in [-0.3, -0.25) is 0 Å². The molecule has 0 aliphatic rings. The summed E-state index contributed by atoms with van der Waals surface area (Å²) in [5.74, 6) is -1.08. The number of carbonyl (C=O) groups excluding carboxylic acids is 1. The third-order valence-electron chi connectivity index (χ3n) is 0.894.